The summed E-state index contributed by atoms with van der Waals surface area (Å²) in [5.41, 5.74) is 3.16. The van der Waals surface area contributed by atoms with E-state index in [1.54, 1.807) is 18.0 Å². The molecule has 0 spiro atoms. The minimum absolute atomic E-state index is 0.126. The van der Waals surface area contributed by atoms with Crippen LogP contribution in [0.15, 0.2) is 30.3 Å². The smallest absolute Gasteiger partial charge is 0.271 e. The second-order valence-corrected chi connectivity index (χ2v) is 6.41. The molecule has 2 heterocycles. The number of aliphatic hydroxyl groups is 1. The van der Waals surface area contributed by atoms with Crippen LogP contribution < -0.4 is 5.32 Å². The number of hydrogen-bond donors (Lipinski definition) is 3. The minimum atomic E-state index is -0.390. The first-order valence-electron chi connectivity index (χ1n) is 8.27. The van der Waals surface area contributed by atoms with Crippen molar-refractivity contribution in [1.82, 2.24) is 20.4 Å². The lowest BCUT2D eigenvalue weighted by atomic mass is 9.96. The van der Waals surface area contributed by atoms with Gasteiger partial charge in [0.2, 0.25) is 5.91 Å². The van der Waals surface area contributed by atoms with Crippen LogP contribution in [-0.2, 0) is 4.79 Å². The summed E-state index contributed by atoms with van der Waals surface area (Å²) in [7, 11) is 1.56. The van der Waals surface area contributed by atoms with E-state index in [9.17, 15) is 14.7 Å². The molecule has 0 bridgehead atoms. The van der Waals surface area contributed by atoms with Crippen LogP contribution in [0.5, 0.6) is 0 Å². The molecule has 1 aromatic carbocycles. The lowest BCUT2D eigenvalue weighted by Gasteiger charge is -2.14. The highest BCUT2D eigenvalue weighted by Gasteiger charge is 2.39. The maximum absolute atomic E-state index is 12.7. The summed E-state index contributed by atoms with van der Waals surface area (Å²) in [6, 6.07) is 9.61. The van der Waals surface area contributed by atoms with E-state index >= 15 is 0 Å². The molecule has 1 aliphatic heterocycles. The summed E-state index contributed by atoms with van der Waals surface area (Å²) in [5, 5.41) is 19.1. The molecule has 2 amide bonds. The molecular weight excluding hydrogens is 320 g/mol. The lowest BCUT2D eigenvalue weighted by molar-refractivity contribution is -0.125. The number of carbonyl (C=O) groups is 2. The lowest BCUT2D eigenvalue weighted by Crippen LogP contribution is -2.34. The SMILES string of the molecule is CNC(=O)[C@@H]1CN(C(=O)c2cc(-c3ccc(C)cc3)n[nH]2)C[C@H]1CO. The molecule has 0 unspecified atom stereocenters. The average molecular weight is 342 g/mol. The Morgan fingerprint density at radius 3 is 2.68 bits per heavy atom. The Morgan fingerprint density at radius 2 is 2.04 bits per heavy atom. The van der Waals surface area contributed by atoms with Gasteiger partial charge in [-0.25, -0.2) is 0 Å². The third-order valence-electron chi connectivity index (χ3n) is 4.70. The molecular formula is C18H22N4O3. The van der Waals surface area contributed by atoms with E-state index in [1.165, 1.54) is 0 Å². The van der Waals surface area contributed by atoms with Gasteiger partial charge in [-0.1, -0.05) is 29.8 Å². The predicted molar refractivity (Wildman–Crippen MR) is 92.8 cm³/mol. The molecule has 0 radical (unpaired) electrons. The van der Waals surface area contributed by atoms with E-state index in [1.807, 2.05) is 31.2 Å². The normalized spacial score (nSPS) is 19.9. The molecule has 1 saturated heterocycles. The Bertz CT molecular complexity index is 769. The summed E-state index contributed by atoms with van der Waals surface area (Å²) >= 11 is 0. The second-order valence-electron chi connectivity index (χ2n) is 6.41. The number of amides is 2. The third kappa shape index (κ3) is 3.41. The zero-order valence-electron chi connectivity index (χ0n) is 14.3. The first-order chi connectivity index (χ1) is 12.0. The number of benzene rings is 1. The molecule has 0 saturated carbocycles. The number of hydrogen-bond acceptors (Lipinski definition) is 4. The summed E-state index contributed by atoms with van der Waals surface area (Å²) < 4.78 is 0. The van der Waals surface area contributed by atoms with Gasteiger partial charge in [0, 0.05) is 38.2 Å². The molecule has 0 aliphatic carbocycles. The third-order valence-corrected chi connectivity index (χ3v) is 4.70. The Balaban J connectivity index is 1.76. The summed E-state index contributed by atoms with van der Waals surface area (Å²) in [6.45, 7) is 2.53. The fraction of sp³-hybridized carbons (Fsp3) is 0.389. The molecule has 2 aromatic rings. The molecule has 2 atom stereocenters. The molecule has 3 rings (SSSR count). The van der Waals surface area contributed by atoms with Gasteiger partial charge in [-0.15, -0.1) is 0 Å². The monoisotopic (exact) mass is 342 g/mol. The predicted octanol–water partition coefficient (Wildman–Crippen LogP) is 0.812. The first-order valence-corrected chi connectivity index (χ1v) is 8.27. The summed E-state index contributed by atoms with van der Waals surface area (Å²) in [6.07, 6.45) is 0. The van der Waals surface area contributed by atoms with Gasteiger partial charge in [0.1, 0.15) is 5.69 Å². The number of carbonyl (C=O) groups excluding carboxylic acids is 2. The minimum Gasteiger partial charge on any atom is -0.396 e. The van der Waals surface area contributed by atoms with Gasteiger partial charge in [0.25, 0.3) is 5.91 Å². The fourth-order valence-electron chi connectivity index (χ4n) is 3.18. The molecule has 7 heteroatoms. The molecule has 25 heavy (non-hydrogen) atoms. The second kappa shape index (κ2) is 7.06. The van der Waals surface area contributed by atoms with E-state index in [-0.39, 0.29) is 24.3 Å². The maximum Gasteiger partial charge on any atom is 0.271 e. The number of aromatic nitrogens is 2. The van der Waals surface area contributed by atoms with E-state index in [4.69, 9.17) is 0 Å². The quantitative estimate of drug-likeness (QED) is 0.766. The maximum atomic E-state index is 12.7. The van der Waals surface area contributed by atoms with E-state index < -0.39 is 5.92 Å². The molecule has 1 aliphatic rings. The van der Waals surface area contributed by atoms with Crippen LogP contribution in [0, 0.1) is 18.8 Å². The first kappa shape index (κ1) is 17.2. The number of aromatic amines is 1. The van der Waals surface area contributed by atoms with Crippen molar-refractivity contribution in [3.8, 4) is 11.3 Å². The highest BCUT2D eigenvalue weighted by atomic mass is 16.3. The van der Waals surface area contributed by atoms with Crippen molar-refractivity contribution in [3.63, 3.8) is 0 Å². The summed E-state index contributed by atoms with van der Waals surface area (Å²) in [5.74, 6) is -1.00. The van der Waals surface area contributed by atoms with Crippen molar-refractivity contribution in [2.45, 2.75) is 6.92 Å². The topological polar surface area (TPSA) is 98.3 Å². The molecule has 1 fully saturated rings. The van der Waals surface area contributed by atoms with Crippen LogP contribution in [0.3, 0.4) is 0 Å². The van der Waals surface area contributed by atoms with Gasteiger partial charge in [0.05, 0.1) is 11.6 Å². The van der Waals surface area contributed by atoms with E-state index in [0.717, 1.165) is 11.1 Å². The van der Waals surface area contributed by atoms with Crippen LogP contribution in [0.4, 0.5) is 0 Å². The van der Waals surface area contributed by atoms with Crippen LogP contribution >= 0.6 is 0 Å². The highest BCUT2D eigenvalue weighted by Crippen LogP contribution is 2.25. The number of aliphatic hydroxyl groups excluding tert-OH is 1. The van der Waals surface area contributed by atoms with Crippen molar-refractivity contribution in [3.05, 3.63) is 41.6 Å². The molecule has 1 aromatic heterocycles. The summed E-state index contributed by atoms with van der Waals surface area (Å²) in [4.78, 5) is 26.2. The largest absolute Gasteiger partial charge is 0.396 e. The van der Waals surface area contributed by atoms with Crippen LogP contribution in [0.1, 0.15) is 16.1 Å². The average Bonchev–Trinajstić information content (AvgIpc) is 3.28. The van der Waals surface area contributed by atoms with Gasteiger partial charge < -0.3 is 15.3 Å². The van der Waals surface area contributed by atoms with Crippen molar-refractivity contribution in [2.75, 3.05) is 26.7 Å². The van der Waals surface area contributed by atoms with E-state index in [0.29, 0.717) is 24.5 Å². The standard InChI is InChI=1S/C18H22N4O3/c1-11-3-5-12(6-4-11)15-7-16(21-20-15)18(25)22-8-13(10-23)14(9-22)17(24)19-2/h3-7,13-14,23H,8-10H2,1-2H3,(H,19,24)(H,20,21)/t13-,14+/m0/s1. The number of likely N-dealkylation sites (tertiary alicyclic amines) is 1. The van der Waals surface area contributed by atoms with Crippen molar-refractivity contribution >= 4 is 11.8 Å². The zero-order chi connectivity index (χ0) is 18.0. The molecule has 3 N–H and O–H groups in total. The number of rotatable bonds is 4. The van der Waals surface area contributed by atoms with Crippen LogP contribution in [-0.4, -0.2) is 58.8 Å². The van der Waals surface area contributed by atoms with Crippen molar-refractivity contribution in [1.29, 1.82) is 0 Å². The van der Waals surface area contributed by atoms with Crippen LogP contribution in [0.25, 0.3) is 11.3 Å². The number of aryl methyl sites for hydroxylation is 1. The Labute approximate surface area is 146 Å². The highest BCUT2D eigenvalue weighted by molar-refractivity contribution is 5.94. The Morgan fingerprint density at radius 1 is 1.32 bits per heavy atom. The number of nitrogens with one attached hydrogen (secondary N) is 2. The molecule has 7 nitrogen and oxygen atoms in total. The van der Waals surface area contributed by atoms with Gasteiger partial charge in [-0.3, -0.25) is 14.7 Å². The molecule has 132 valence electrons. The van der Waals surface area contributed by atoms with Gasteiger partial charge >= 0.3 is 0 Å². The van der Waals surface area contributed by atoms with Gasteiger partial charge in [-0.05, 0) is 13.0 Å². The van der Waals surface area contributed by atoms with Gasteiger partial charge in [-0.2, -0.15) is 5.10 Å². The van der Waals surface area contributed by atoms with Crippen molar-refractivity contribution in [2.24, 2.45) is 11.8 Å². The Kier molecular flexibility index (Phi) is 4.85. The fourth-order valence-corrected chi connectivity index (χ4v) is 3.18. The Hall–Kier alpha value is -2.67. The van der Waals surface area contributed by atoms with Crippen molar-refractivity contribution < 1.29 is 14.7 Å². The van der Waals surface area contributed by atoms with E-state index in [2.05, 4.69) is 15.5 Å². The zero-order valence-corrected chi connectivity index (χ0v) is 14.3. The van der Waals surface area contributed by atoms with Crippen LogP contribution in [0.2, 0.25) is 0 Å². The van der Waals surface area contributed by atoms with Gasteiger partial charge in [0.15, 0.2) is 0 Å². The number of H-pyrrole nitrogens is 1. The number of nitrogens with zero attached hydrogens (tertiary/aromatic N) is 2.